The van der Waals surface area contributed by atoms with Crippen molar-refractivity contribution in [1.82, 2.24) is 0 Å². The molecule has 18 valence electrons. The summed E-state index contributed by atoms with van der Waals surface area (Å²) in [6.07, 6.45) is 0. The van der Waals surface area contributed by atoms with Gasteiger partial charge in [-0.3, -0.25) is 0 Å². The molecule has 0 spiro atoms. The predicted octanol–water partition coefficient (Wildman–Crippen LogP) is -2.14. The Kier molecular flexibility index (Phi) is 236. The van der Waals surface area contributed by atoms with Crippen LogP contribution in [0.4, 0.5) is 0 Å². The average molecular weight is 102 g/mol. The van der Waals surface area contributed by atoms with Crippen LogP contribution in [0.3, 0.4) is 0 Å². The van der Waals surface area contributed by atoms with E-state index in [-0.39, 0.29) is 55.8 Å². The summed E-state index contributed by atoms with van der Waals surface area (Å²) in [5.41, 5.74) is 0. The molecule has 0 aliphatic heterocycles. The second-order valence-electron chi connectivity index (χ2n) is 0. The van der Waals surface area contributed by atoms with Gasteiger partial charge in [0.05, 0.1) is 0 Å². The second kappa shape index (κ2) is 22.0. The summed E-state index contributed by atoms with van der Waals surface area (Å²) in [5, 5.41) is 0. The van der Waals surface area contributed by atoms with E-state index in [1.165, 1.54) is 0 Å². The molecule has 0 heterocycles. The molecule has 0 atom stereocenters. The maximum Gasteiger partial charge on any atom is 3.00 e. The van der Waals surface area contributed by atoms with E-state index < -0.39 is 0 Å². The van der Waals surface area contributed by atoms with E-state index in [9.17, 15) is 0 Å². The molecule has 0 aromatic rings. The molecule has 4 heavy (non-hydrogen) atoms. The third-order valence-corrected chi connectivity index (χ3v) is 0. The summed E-state index contributed by atoms with van der Waals surface area (Å²) in [7, 11) is 0. The molecule has 0 saturated carbocycles. The van der Waals surface area contributed by atoms with E-state index in [1.807, 2.05) is 0 Å². The van der Waals surface area contributed by atoms with Crippen molar-refractivity contribution in [3.05, 3.63) is 0 Å². The maximum atomic E-state index is 0. The fraction of sp³-hybridized carbons (Fsp3) is 0. The van der Waals surface area contributed by atoms with Gasteiger partial charge in [0.1, 0.15) is 0 Å². The van der Waals surface area contributed by atoms with Gasteiger partial charge in [0.25, 0.3) is 0 Å². The molecular formula is LiPS2. The van der Waals surface area contributed by atoms with Crippen LogP contribution in [-0.2, 0) is 27.0 Å². The quantitative estimate of drug-likeness (QED) is 0.242. The molecule has 4 heteroatoms. The fourth-order valence-corrected chi connectivity index (χ4v) is 0. The average Bonchev–Trinajstić information content (AvgIpc) is 0. The van der Waals surface area contributed by atoms with Crippen LogP contribution in [0.25, 0.3) is 0 Å². The summed E-state index contributed by atoms with van der Waals surface area (Å²) < 4.78 is 0. The minimum Gasteiger partial charge on any atom is -2.00 e. The molecule has 0 aromatic heterocycles. The van der Waals surface area contributed by atoms with E-state index in [2.05, 4.69) is 0 Å². The molecule has 0 amide bonds. The van der Waals surface area contributed by atoms with Gasteiger partial charge in [-0.05, 0) is 0 Å². The molecule has 0 aliphatic rings. The first-order valence-corrected chi connectivity index (χ1v) is 0. The van der Waals surface area contributed by atoms with Gasteiger partial charge < -0.3 is 27.0 Å². The van der Waals surface area contributed by atoms with E-state index in [0.29, 0.717) is 0 Å². The Morgan fingerprint density at radius 3 is 0.750 bits per heavy atom. The zero-order valence-corrected chi connectivity index (χ0v) is 4.79. The van der Waals surface area contributed by atoms with Gasteiger partial charge in [-0.25, -0.2) is 0 Å². The minimum absolute atomic E-state index is 0. The van der Waals surface area contributed by atoms with Gasteiger partial charge >= 0.3 is 28.8 Å². The Balaban J connectivity index is 0. The van der Waals surface area contributed by atoms with Crippen molar-refractivity contribution in [2.75, 3.05) is 0 Å². The van der Waals surface area contributed by atoms with Crippen LogP contribution in [0, 0.1) is 0 Å². The van der Waals surface area contributed by atoms with Gasteiger partial charge in [-0.2, -0.15) is 0 Å². The van der Waals surface area contributed by atoms with Crippen LogP contribution >= 0.6 is 9.90 Å². The molecule has 0 unspecified atom stereocenters. The van der Waals surface area contributed by atoms with Crippen LogP contribution in [0.5, 0.6) is 0 Å². The van der Waals surface area contributed by atoms with Crippen LogP contribution < -0.4 is 18.9 Å². The Morgan fingerprint density at radius 2 is 0.750 bits per heavy atom. The molecule has 0 saturated heterocycles. The molecule has 2 radical (unpaired) electrons. The summed E-state index contributed by atoms with van der Waals surface area (Å²) >= 11 is 0. The van der Waals surface area contributed by atoms with Crippen LogP contribution in [-0.4, -0.2) is 0 Å². The monoisotopic (exact) mass is 102 g/mol. The zero-order chi connectivity index (χ0) is 0. The summed E-state index contributed by atoms with van der Waals surface area (Å²) in [6.45, 7) is 0. The summed E-state index contributed by atoms with van der Waals surface area (Å²) in [4.78, 5) is 0. The SMILES string of the molecule is [Li+].[P+3].[S-2].[S-2]. The van der Waals surface area contributed by atoms with Crippen molar-refractivity contribution in [1.29, 1.82) is 0 Å². The second-order valence-corrected chi connectivity index (χ2v) is 0. The smallest absolute Gasteiger partial charge is 2.00 e. The zero-order valence-electron chi connectivity index (χ0n) is 2.26. The van der Waals surface area contributed by atoms with Crippen molar-refractivity contribution in [3.63, 3.8) is 0 Å². The first-order valence-electron chi connectivity index (χ1n) is 0. The third-order valence-electron chi connectivity index (χ3n) is 0. The van der Waals surface area contributed by atoms with Gasteiger partial charge in [0.2, 0.25) is 0 Å². The third kappa shape index (κ3) is 9.29. The maximum absolute atomic E-state index is 0. The summed E-state index contributed by atoms with van der Waals surface area (Å²) in [5.74, 6) is 0. The van der Waals surface area contributed by atoms with Crippen LogP contribution in [0.2, 0.25) is 0 Å². The molecule has 0 aliphatic carbocycles. The van der Waals surface area contributed by atoms with Gasteiger partial charge in [-0.15, -0.1) is 0 Å². The Bertz CT molecular complexity index is 6.00. The molecule has 0 rings (SSSR count). The van der Waals surface area contributed by atoms with E-state index in [0.717, 1.165) is 0 Å². The van der Waals surface area contributed by atoms with Gasteiger partial charge in [0.15, 0.2) is 0 Å². The largest absolute Gasteiger partial charge is 3.00 e. The van der Waals surface area contributed by atoms with Crippen molar-refractivity contribution in [2.45, 2.75) is 0 Å². The topological polar surface area (TPSA) is 0 Å². The number of hydrogen-bond acceptors (Lipinski definition) is 0. The van der Waals surface area contributed by atoms with E-state index >= 15 is 0 Å². The van der Waals surface area contributed by atoms with Crippen molar-refractivity contribution in [3.8, 4) is 0 Å². The molecule has 0 aromatic carbocycles. The fourth-order valence-electron chi connectivity index (χ4n) is 0. The van der Waals surface area contributed by atoms with Crippen molar-refractivity contribution in [2.24, 2.45) is 0 Å². The van der Waals surface area contributed by atoms with E-state index in [1.54, 1.807) is 0 Å². The van der Waals surface area contributed by atoms with Gasteiger partial charge in [0, 0.05) is 0 Å². The van der Waals surface area contributed by atoms with Crippen molar-refractivity contribution >= 4 is 36.9 Å². The van der Waals surface area contributed by atoms with Crippen LogP contribution in [0.1, 0.15) is 0 Å². The first-order chi connectivity index (χ1) is 0. The molecule has 0 N–H and O–H groups in total. The van der Waals surface area contributed by atoms with E-state index in [4.69, 9.17) is 0 Å². The molecular weight excluding hydrogens is 102 g/mol. The Hall–Kier alpha value is 1.73. The Labute approximate surface area is 55.8 Å². The molecule has 0 bridgehead atoms. The molecule has 0 nitrogen and oxygen atoms in total. The summed E-state index contributed by atoms with van der Waals surface area (Å²) in [6, 6.07) is 0. The minimum atomic E-state index is 0. The van der Waals surface area contributed by atoms with Crippen LogP contribution in [0.15, 0.2) is 0 Å². The number of rotatable bonds is 0. The molecule has 0 fully saturated rings. The normalized spacial score (nSPS) is 0. The number of hydrogen-bond donors (Lipinski definition) is 0. The first kappa shape index (κ1) is 42.9. The standard InChI is InChI=1S/Li.P.2S/q+1;+3;2*-2. The predicted molar refractivity (Wildman–Crippen MR) is 21.6 cm³/mol. The Morgan fingerprint density at radius 1 is 0.750 bits per heavy atom. The van der Waals surface area contributed by atoms with Gasteiger partial charge in [-0.1, -0.05) is 0 Å². The van der Waals surface area contributed by atoms with Crippen molar-refractivity contribution < 1.29 is 18.9 Å².